The van der Waals surface area contributed by atoms with E-state index in [0.29, 0.717) is 0 Å². The monoisotopic (exact) mass is 208 g/mol. The summed E-state index contributed by atoms with van der Waals surface area (Å²) in [5.74, 6) is 0. The van der Waals surface area contributed by atoms with Gasteiger partial charge in [0.1, 0.15) is 0 Å². The van der Waals surface area contributed by atoms with Crippen LogP contribution in [0.25, 0.3) is 0 Å². The number of anilines is 1. The summed E-state index contributed by atoms with van der Waals surface area (Å²) in [5, 5.41) is 10.4. The van der Waals surface area contributed by atoms with Crippen molar-refractivity contribution in [2.24, 2.45) is 0 Å². The first kappa shape index (κ1) is 9.21. The molecule has 0 atom stereocenters. The zero-order chi connectivity index (χ0) is 9.97. The second-order valence-electron chi connectivity index (χ2n) is 3.13. The number of hydrogen-bond acceptors (Lipinski definition) is 4. The molecule has 2 aromatic heterocycles. The fraction of sp³-hybridized carbons (Fsp3) is 0.333. The van der Waals surface area contributed by atoms with Gasteiger partial charge in [-0.1, -0.05) is 0 Å². The van der Waals surface area contributed by atoms with Crippen molar-refractivity contribution in [2.75, 3.05) is 5.32 Å². The van der Waals surface area contributed by atoms with Gasteiger partial charge in [-0.25, -0.2) is 0 Å². The quantitative estimate of drug-likeness (QED) is 0.812. The normalized spacial score (nSPS) is 10.4. The second kappa shape index (κ2) is 3.79. The minimum Gasteiger partial charge on any atom is -0.377 e. The molecule has 0 bridgehead atoms. The van der Waals surface area contributed by atoms with Crippen LogP contribution in [0.15, 0.2) is 11.7 Å². The van der Waals surface area contributed by atoms with Gasteiger partial charge in [0.25, 0.3) is 0 Å². The Balaban J connectivity index is 2.05. The summed E-state index contributed by atoms with van der Waals surface area (Å²) in [4.78, 5) is 5.25. The standard InChI is InChI=1S/C9H12N4S/c1-6-9(7(2)13-12-6)11-4-8-3-10-5-14-8/h3,5,11H,4H2,1-2H3,(H,12,13). The Hall–Kier alpha value is -1.36. The molecular weight excluding hydrogens is 196 g/mol. The van der Waals surface area contributed by atoms with Gasteiger partial charge in [-0.15, -0.1) is 11.3 Å². The van der Waals surface area contributed by atoms with Gasteiger partial charge in [-0.3, -0.25) is 10.1 Å². The third-order valence-corrected chi connectivity index (χ3v) is 2.83. The third-order valence-electron chi connectivity index (χ3n) is 2.05. The molecule has 0 unspecified atom stereocenters. The first-order chi connectivity index (χ1) is 6.77. The van der Waals surface area contributed by atoms with Crippen molar-refractivity contribution in [2.45, 2.75) is 20.4 Å². The molecule has 14 heavy (non-hydrogen) atoms. The first-order valence-electron chi connectivity index (χ1n) is 4.40. The fourth-order valence-electron chi connectivity index (χ4n) is 1.32. The SMILES string of the molecule is Cc1n[nH]c(C)c1NCc1cncs1. The molecule has 0 fully saturated rings. The van der Waals surface area contributed by atoms with Gasteiger partial charge in [0.05, 0.1) is 29.1 Å². The molecule has 5 heteroatoms. The van der Waals surface area contributed by atoms with Crippen LogP contribution in [0.1, 0.15) is 16.3 Å². The molecule has 2 rings (SSSR count). The van der Waals surface area contributed by atoms with E-state index < -0.39 is 0 Å². The van der Waals surface area contributed by atoms with E-state index in [9.17, 15) is 0 Å². The third kappa shape index (κ3) is 1.77. The van der Waals surface area contributed by atoms with E-state index in [-0.39, 0.29) is 0 Å². The number of H-pyrrole nitrogens is 1. The smallest absolute Gasteiger partial charge is 0.0825 e. The van der Waals surface area contributed by atoms with E-state index in [1.54, 1.807) is 11.3 Å². The summed E-state index contributed by atoms with van der Waals surface area (Å²) in [5.41, 5.74) is 5.02. The van der Waals surface area contributed by atoms with Crippen molar-refractivity contribution < 1.29 is 0 Å². The van der Waals surface area contributed by atoms with Crippen molar-refractivity contribution in [1.82, 2.24) is 15.2 Å². The van der Waals surface area contributed by atoms with Crippen LogP contribution in [0.3, 0.4) is 0 Å². The molecule has 0 aliphatic heterocycles. The summed E-state index contributed by atoms with van der Waals surface area (Å²) in [6, 6.07) is 0. The van der Waals surface area contributed by atoms with Crippen LogP contribution in [0.2, 0.25) is 0 Å². The van der Waals surface area contributed by atoms with E-state index in [4.69, 9.17) is 0 Å². The number of nitrogens with one attached hydrogen (secondary N) is 2. The lowest BCUT2D eigenvalue weighted by molar-refractivity contribution is 1.02. The number of rotatable bonds is 3. The summed E-state index contributed by atoms with van der Waals surface area (Å²) in [7, 11) is 0. The van der Waals surface area contributed by atoms with Crippen LogP contribution in [-0.4, -0.2) is 15.2 Å². The first-order valence-corrected chi connectivity index (χ1v) is 5.28. The van der Waals surface area contributed by atoms with Gasteiger partial charge >= 0.3 is 0 Å². The Morgan fingerprint density at radius 2 is 2.36 bits per heavy atom. The Morgan fingerprint density at radius 1 is 1.50 bits per heavy atom. The fourth-order valence-corrected chi connectivity index (χ4v) is 1.85. The molecule has 0 aliphatic rings. The highest BCUT2D eigenvalue weighted by Crippen LogP contribution is 2.17. The van der Waals surface area contributed by atoms with Crippen LogP contribution in [0, 0.1) is 13.8 Å². The summed E-state index contributed by atoms with van der Waals surface area (Å²) in [6.07, 6.45) is 1.88. The number of aromatic nitrogens is 3. The zero-order valence-corrected chi connectivity index (χ0v) is 8.98. The Labute approximate surface area is 86.4 Å². The molecule has 0 saturated heterocycles. The molecule has 0 amide bonds. The Kier molecular flexibility index (Phi) is 2.49. The van der Waals surface area contributed by atoms with Crippen LogP contribution in [0.4, 0.5) is 5.69 Å². The van der Waals surface area contributed by atoms with Gasteiger partial charge in [0.15, 0.2) is 0 Å². The zero-order valence-electron chi connectivity index (χ0n) is 8.16. The van der Waals surface area contributed by atoms with Crippen LogP contribution in [-0.2, 0) is 6.54 Å². The highest BCUT2D eigenvalue weighted by Gasteiger charge is 2.05. The average Bonchev–Trinajstić information content (AvgIpc) is 2.76. The maximum absolute atomic E-state index is 4.12. The van der Waals surface area contributed by atoms with E-state index in [1.165, 1.54) is 4.88 Å². The molecule has 2 N–H and O–H groups in total. The molecule has 0 aliphatic carbocycles. The number of thiazole rings is 1. The summed E-state index contributed by atoms with van der Waals surface area (Å²) < 4.78 is 0. The number of aryl methyl sites for hydroxylation is 2. The van der Waals surface area contributed by atoms with Crippen LogP contribution in [0.5, 0.6) is 0 Å². The topological polar surface area (TPSA) is 53.6 Å². The Bertz CT molecular complexity index is 385. The predicted octanol–water partition coefficient (Wildman–Crippen LogP) is 2.10. The van der Waals surface area contributed by atoms with Crippen LogP contribution < -0.4 is 5.32 Å². The maximum atomic E-state index is 4.12. The van der Waals surface area contributed by atoms with Crippen molar-refractivity contribution in [3.05, 3.63) is 28.0 Å². The number of aromatic amines is 1. The molecular formula is C9H12N4S. The van der Waals surface area contributed by atoms with Gasteiger partial charge in [-0.2, -0.15) is 5.10 Å². The van der Waals surface area contributed by atoms with E-state index in [1.807, 2.05) is 25.6 Å². The summed E-state index contributed by atoms with van der Waals surface area (Å²) in [6.45, 7) is 4.80. The van der Waals surface area contributed by atoms with Gasteiger partial charge in [-0.05, 0) is 13.8 Å². The molecule has 4 nitrogen and oxygen atoms in total. The average molecular weight is 208 g/mol. The largest absolute Gasteiger partial charge is 0.377 e. The van der Waals surface area contributed by atoms with Gasteiger partial charge < -0.3 is 5.32 Å². The molecule has 0 aromatic carbocycles. The van der Waals surface area contributed by atoms with Gasteiger partial charge in [0.2, 0.25) is 0 Å². The van der Waals surface area contributed by atoms with Crippen molar-refractivity contribution >= 4 is 17.0 Å². The number of nitrogens with zero attached hydrogens (tertiary/aromatic N) is 2. The highest BCUT2D eigenvalue weighted by atomic mass is 32.1. The lowest BCUT2D eigenvalue weighted by Crippen LogP contribution is -1.99. The molecule has 0 radical (unpaired) electrons. The molecule has 2 aromatic rings. The van der Waals surface area contributed by atoms with Crippen molar-refractivity contribution in [1.29, 1.82) is 0 Å². The molecule has 0 saturated carbocycles. The lowest BCUT2D eigenvalue weighted by atomic mass is 10.3. The van der Waals surface area contributed by atoms with Crippen molar-refractivity contribution in [3.8, 4) is 0 Å². The maximum Gasteiger partial charge on any atom is 0.0825 e. The molecule has 74 valence electrons. The Morgan fingerprint density at radius 3 is 2.93 bits per heavy atom. The lowest BCUT2D eigenvalue weighted by Gasteiger charge is -2.03. The van der Waals surface area contributed by atoms with E-state index in [0.717, 1.165) is 23.6 Å². The molecule has 2 heterocycles. The number of hydrogen-bond donors (Lipinski definition) is 2. The minimum absolute atomic E-state index is 0.811. The second-order valence-corrected chi connectivity index (χ2v) is 4.10. The summed E-state index contributed by atoms with van der Waals surface area (Å²) >= 11 is 1.65. The van der Waals surface area contributed by atoms with E-state index >= 15 is 0 Å². The van der Waals surface area contributed by atoms with Gasteiger partial charge in [0, 0.05) is 11.1 Å². The van der Waals surface area contributed by atoms with E-state index in [2.05, 4.69) is 20.5 Å². The highest BCUT2D eigenvalue weighted by molar-refractivity contribution is 7.09. The van der Waals surface area contributed by atoms with Crippen LogP contribution >= 0.6 is 11.3 Å². The predicted molar refractivity (Wildman–Crippen MR) is 57.5 cm³/mol. The minimum atomic E-state index is 0.811. The van der Waals surface area contributed by atoms with Crippen molar-refractivity contribution in [3.63, 3.8) is 0 Å². The molecule has 0 spiro atoms.